The number of aromatic nitrogens is 4. The molecule has 170 valence electrons. The lowest BCUT2D eigenvalue weighted by Gasteiger charge is -2.09. The molecule has 0 spiro atoms. The fourth-order valence-corrected chi connectivity index (χ4v) is 3.80. The molecule has 0 bridgehead atoms. The summed E-state index contributed by atoms with van der Waals surface area (Å²) >= 11 is 0. The second kappa shape index (κ2) is 9.58. The van der Waals surface area contributed by atoms with Gasteiger partial charge in [-0.1, -0.05) is 42.5 Å². The number of nitrogens with one attached hydrogen (secondary N) is 1. The number of hydrogen-bond donors (Lipinski definition) is 1. The predicted molar refractivity (Wildman–Crippen MR) is 129 cm³/mol. The highest BCUT2D eigenvalue weighted by Gasteiger charge is 2.11. The molecular weight excluding hydrogens is 430 g/mol. The summed E-state index contributed by atoms with van der Waals surface area (Å²) in [6.45, 7) is 0.663. The van der Waals surface area contributed by atoms with Gasteiger partial charge < -0.3 is 14.8 Å². The van der Waals surface area contributed by atoms with Gasteiger partial charge in [-0.15, -0.1) is 15.3 Å². The number of rotatable bonds is 8. The van der Waals surface area contributed by atoms with Crippen LogP contribution in [0.1, 0.15) is 5.56 Å². The minimum absolute atomic E-state index is 0.0519. The quantitative estimate of drug-likeness (QED) is 0.361. The SMILES string of the molecule is COc1ccc(-c2nnc3ccc(OCCNC(=O)Cc4cccc5ccccc45)nn23)cc1. The van der Waals surface area contributed by atoms with Gasteiger partial charge in [-0.05, 0) is 46.7 Å². The molecule has 0 aliphatic rings. The van der Waals surface area contributed by atoms with Gasteiger partial charge in [0, 0.05) is 11.6 Å². The molecule has 2 aromatic heterocycles. The molecule has 0 radical (unpaired) electrons. The molecule has 5 aromatic rings. The minimum atomic E-state index is -0.0519. The molecule has 0 aliphatic heterocycles. The van der Waals surface area contributed by atoms with Crippen molar-refractivity contribution in [2.75, 3.05) is 20.3 Å². The van der Waals surface area contributed by atoms with Crippen molar-refractivity contribution in [3.8, 4) is 23.0 Å². The standard InChI is InChI=1S/C26H23N5O3/c1-33-21-11-9-19(10-12-21)26-29-28-23-13-14-25(30-31(23)26)34-16-15-27-24(32)17-20-7-4-6-18-5-2-3-8-22(18)20/h2-14H,15-17H2,1H3,(H,27,32). The number of ether oxygens (including phenoxy) is 2. The van der Waals surface area contributed by atoms with E-state index in [9.17, 15) is 4.79 Å². The van der Waals surface area contributed by atoms with E-state index in [1.807, 2.05) is 66.7 Å². The van der Waals surface area contributed by atoms with E-state index in [2.05, 4.69) is 20.6 Å². The topological polar surface area (TPSA) is 90.6 Å². The molecule has 0 fully saturated rings. The lowest BCUT2D eigenvalue weighted by Crippen LogP contribution is -2.29. The van der Waals surface area contributed by atoms with Crippen LogP contribution in [-0.4, -0.2) is 46.0 Å². The summed E-state index contributed by atoms with van der Waals surface area (Å²) in [5.41, 5.74) is 2.47. The second-order valence-corrected chi connectivity index (χ2v) is 7.71. The van der Waals surface area contributed by atoms with Crippen molar-refractivity contribution in [2.45, 2.75) is 6.42 Å². The minimum Gasteiger partial charge on any atom is -0.497 e. The Bertz CT molecular complexity index is 1440. The summed E-state index contributed by atoms with van der Waals surface area (Å²) in [5, 5.41) is 18.0. The summed E-state index contributed by atoms with van der Waals surface area (Å²) < 4.78 is 12.6. The van der Waals surface area contributed by atoms with Crippen LogP contribution in [0.15, 0.2) is 78.9 Å². The summed E-state index contributed by atoms with van der Waals surface area (Å²) in [6.07, 6.45) is 0.317. The largest absolute Gasteiger partial charge is 0.497 e. The van der Waals surface area contributed by atoms with Crippen molar-refractivity contribution in [2.24, 2.45) is 0 Å². The number of hydrogen-bond acceptors (Lipinski definition) is 6. The summed E-state index contributed by atoms with van der Waals surface area (Å²) in [4.78, 5) is 12.4. The van der Waals surface area contributed by atoms with Gasteiger partial charge in [0.05, 0.1) is 20.1 Å². The molecule has 34 heavy (non-hydrogen) atoms. The molecule has 0 saturated heterocycles. The van der Waals surface area contributed by atoms with Crippen LogP contribution in [0.25, 0.3) is 27.8 Å². The van der Waals surface area contributed by atoms with Crippen molar-refractivity contribution < 1.29 is 14.3 Å². The lowest BCUT2D eigenvalue weighted by atomic mass is 10.0. The van der Waals surface area contributed by atoms with Crippen LogP contribution in [0.4, 0.5) is 0 Å². The molecule has 0 unspecified atom stereocenters. The van der Waals surface area contributed by atoms with Gasteiger partial charge in [0.25, 0.3) is 0 Å². The molecule has 2 heterocycles. The van der Waals surface area contributed by atoms with Gasteiger partial charge in [0.15, 0.2) is 11.5 Å². The first kappa shape index (κ1) is 21.4. The third kappa shape index (κ3) is 4.52. The number of nitrogens with zero attached hydrogens (tertiary/aromatic N) is 4. The Balaban J connectivity index is 1.19. The van der Waals surface area contributed by atoms with Gasteiger partial charge in [0.1, 0.15) is 12.4 Å². The van der Waals surface area contributed by atoms with Crippen LogP contribution in [-0.2, 0) is 11.2 Å². The van der Waals surface area contributed by atoms with E-state index in [0.29, 0.717) is 36.9 Å². The van der Waals surface area contributed by atoms with Crippen LogP contribution in [0.3, 0.4) is 0 Å². The number of amides is 1. The highest BCUT2D eigenvalue weighted by molar-refractivity contribution is 5.90. The van der Waals surface area contributed by atoms with Crippen molar-refractivity contribution in [3.63, 3.8) is 0 Å². The van der Waals surface area contributed by atoms with Crippen molar-refractivity contribution in [1.29, 1.82) is 0 Å². The lowest BCUT2D eigenvalue weighted by molar-refractivity contribution is -0.120. The molecule has 8 heteroatoms. The van der Waals surface area contributed by atoms with Crippen LogP contribution >= 0.6 is 0 Å². The van der Waals surface area contributed by atoms with Crippen molar-refractivity contribution in [1.82, 2.24) is 25.1 Å². The van der Waals surface area contributed by atoms with E-state index in [1.54, 1.807) is 23.8 Å². The summed E-state index contributed by atoms with van der Waals surface area (Å²) in [5.74, 6) is 1.73. The predicted octanol–water partition coefficient (Wildman–Crippen LogP) is 3.69. The number of carbonyl (C=O) groups excluding carboxylic acids is 1. The Kier molecular flexibility index (Phi) is 6.03. The Morgan fingerprint density at radius 3 is 2.62 bits per heavy atom. The van der Waals surface area contributed by atoms with E-state index in [0.717, 1.165) is 27.6 Å². The molecule has 0 aliphatic carbocycles. The second-order valence-electron chi connectivity index (χ2n) is 7.71. The van der Waals surface area contributed by atoms with Crippen LogP contribution in [0.2, 0.25) is 0 Å². The molecule has 5 rings (SSSR count). The van der Waals surface area contributed by atoms with Gasteiger partial charge in [0.2, 0.25) is 11.8 Å². The average molecular weight is 454 g/mol. The molecule has 8 nitrogen and oxygen atoms in total. The Labute approximate surface area is 196 Å². The molecule has 0 atom stereocenters. The van der Waals surface area contributed by atoms with Crippen LogP contribution in [0.5, 0.6) is 11.6 Å². The zero-order chi connectivity index (χ0) is 23.3. The van der Waals surface area contributed by atoms with Gasteiger partial charge >= 0.3 is 0 Å². The Morgan fingerprint density at radius 2 is 1.76 bits per heavy atom. The van der Waals surface area contributed by atoms with Crippen molar-refractivity contribution >= 4 is 22.3 Å². The summed E-state index contributed by atoms with van der Waals surface area (Å²) in [6, 6.07) is 25.1. The smallest absolute Gasteiger partial charge is 0.231 e. The molecule has 1 N–H and O–H groups in total. The Hall–Kier alpha value is -4.46. The highest BCUT2D eigenvalue weighted by Crippen LogP contribution is 2.22. The normalized spacial score (nSPS) is 11.0. The fraction of sp³-hybridized carbons (Fsp3) is 0.154. The van der Waals surface area contributed by atoms with Gasteiger partial charge in [-0.2, -0.15) is 4.52 Å². The number of methoxy groups -OCH3 is 1. The van der Waals surface area contributed by atoms with E-state index >= 15 is 0 Å². The summed E-state index contributed by atoms with van der Waals surface area (Å²) in [7, 11) is 1.62. The third-order valence-corrected chi connectivity index (χ3v) is 5.49. The first-order valence-electron chi connectivity index (χ1n) is 10.9. The number of carbonyl (C=O) groups is 1. The van der Waals surface area contributed by atoms with Gasteiger partial charge in [-0.25, -0.2) is 0 Å². The van der Waals surface area contributed by atoms with Gasteiger partial charge in [-0.3, -0.25) is 4.79 Å². The highest BCUT2D eigenvalue weighted by atomic mass is 16.5. The van der Waals surface area contributed by atoms with E-state index in [-0.39, 0.29) is 5.91 Å². The maximum absolute atomic E-state index is 12.4. The van der Waals surface area contributed by atoms with Crippen LogP contribution in [0, 0.1) is 0 Å². The number of fused-ring (bicyclic) bond motifs is 2. The molecular formula is C26H23N5O3. The fourth-order valence-electron chi connectivity index (χ4n) is 3.80. The average Bonchev–Trinajstić information content (AvgIpc) is 3.30. The molecule has 1 amide bonds. The number of benzene rings is 3. The van der Waals surface area contributed by atoms with Crippen LogP contribution < -0.4 is 14.8 Å². The first-order valence-corrected chi connectivity index (χ1v) is 10.9. The zero-order valence-corrected chi connectivity index (χ0v) is 18.6. The van der Waals surface area contributed by atoms with E-state index in [4.69, 9.17) is 9.47 Å². The monoisotopic (exact) mass is 453 g/mol. The van der Waals surface area contributed by atoms with E-state index < -0.39 is 0 Å². The first-order chi connectivity index (χ1) is 16.7. The Morgan fingerprint density at radius 1 is 0.941 bits per heavy atom. The third-order valence-electron chi connectivity index (χ3n) is 5.49. The molecule has 3 aromatic carbocycles. The maximum Gasteiger partial charge on any atom is 0.231 e. The maximum atomic E-state index is 12.4. The van der Waals surface area contributed by atoms with E-state index in [1.165, 1.54) is 0 Å². The van der Waals surface area contributed by atoms with Crippen molar-refractivity contribution in [3.05, 3.63) is 84.4 Å². The molecule has 0 saturated carbocycles. The zero-order valence-electron chi connectivity index (χ0n) is 18.6.